The molecule has 5 rings (SSSR count). The largest absolute Gasteiger partial charge is 0.372 e. The number of rotatable bonds is 9. The summed E-state index contributed by atoms with van der Waals surface area (Å²) in [6.07, 6.45) is 4.89. The molecule has 210 valence electrons. The fourth-order valence-electron chi connectivity index (χ4n) is 5.34. The Labute approximate surface area is 231 Å². The number of aromatic nitrogens is 5. The Morgan fingerprint density at radius 2 is 1.98 bits per heavy atom. The van der Waals surface area contributed by atoms with E-state index in [1.54, 1.807) is 18.3 Å². The molecule has 0 saturated carbocycles. The molecule has 1 atom stereocenters. The van der Waals surface area contributed by atoms with Gasteiger partial charge in [0.05, 0.1) is 23.9 Å². The van der Waals surface area contributed by atoms with Crippen molar-refractivity contribution < 1.29 is 18.3 Å². The summed E-state index contributed by atoms with van der Waals surface area (Å²) in [5.74, 6) is 0.105. The second-order valence-electron chi connectivity index (χ2n) is 10.5. The van der Waals surface area contributed by atoms with Gasteiger partial charge in [0.15, 0.2) is 11.6 Å². The molecule has 0 unspecified atom stereocenters. The van der Waals surface area contributed by atoms with E-state index >= 15 is 0 Å². The molecule has 9 nitrogen and oxygen atoms in total. The van der Waals surface area contributed by atoms with E-state index in [0.29, 0.717) is 48.8 Å². The van der Waals surface area contributed by atoms with Crippen LogP contribution in [0.15, 0.2) is 36.7 Å². The van der Waals surface area contributed by atoms with Crippen LogP contribution in [0.2, 0.25) is 0 Å². The number of anilines is 2. The van der Waals surface area contributed by atoms with E-state index in [9.17, 15) is 13.6 Å². The fraction of sp³-hybridized carbons (Fsp3) is 0.414. The molecule has 1 aromatic carbocycles. The van der Waals surface area contributed by atoms with Gasteiger partial charge in [-0.05, 0) is 51.0 Å². The molecule has 1 fully saturated rings. The number of hydrogen-bond acceptors (Lipinski definition) is 8. The SMILES string of the molecule is CC[C@@]1(CC=O)CN(Cc2ccc(Nc3ncc(F)c(-c4cc(F)c5nc(C)n(C(C)C)c5c4)n3)nc2)CCO1. The van der Waals surface area contributed by atoms with Crippen molar-refractivity contribution in [3.63, 3.8) is 0 Å². The third kappa shape index (κ3) is 5.57. The number of carbonyl (C=O) groups excluding carboxylic acids is 1. The molecular formula is C29H33F2N7O2. The highest BCUT2D eigenvalue weighted by Gasteiger charge is 2.34. The highest BCUT2D eigenvalue weighted by atomic mass is 19.1. The summed E-state index contributed by atoms with van der Waals surface area (Å²) in [7, 11) is 0. The minimum Gasteiger partial charge on any atom is -0.372 e. The summed E-state index contributed by atoms with van der Waals surface area (Å²) in [4.78, 5) is 30.6. The number of hydrogen-bond donors (Lipinski definition) is 1. The van der Waals surface area contributed by atoms with Gasteiger partial charge in [-0.2, -0.15) is 0 Å². The van der Waals surface area contributed by atoms with Crippen LogP contribution in [0.3, 0.4) is 0 Å². The standard InChI is InChI=1S/C29H33F2N7O2/c1-5-29(8-10-39)17-37(9-11-40-29)16-20-6-7-25(32-14-20)35-28-33-15-23(31)26(36-28)21-12-22(30)27-24(13-21)38(18(2)3)19(4)34-27/h6-7,10,12-15,18H,5,8-9,11,16-17H2,1-4H3,(H,32,33,35,36)/t29-/m1/s1. The lowest BCUT2D eigenvalue weighted by atomic mass is 9.94. The molecular weight excluding hydrogens is 516 g/mol. The number of ether oxygens (including phenoxy) is 1. The second kappa shape index (κ2) is 11.3. The van der Waals surface area contributed by atoms with Crippen LogP contribution in [-0.4, -0.2) is 61.0 Å². The first-order chi connectivity index (χ1) is 19.2. The van der Waals surface area contributed by atoms with Crippen LogP contribution in [0.5, 0.6) is 0 Å². The maximum atomic E-state index is 15.0. The number of pyridine rings is 1. The Morgan fingerprint density at radius 3 is 2.67 bits per heavy atom. The van der Waals surface area contributed by atoms with Crippen LogP contribution in [0.1, 0.15) is 51.0 Å². The number of fused-ring (bicyclic) bond motifs is 1. The number of aryl methyl sites for hydroxylation is 1. The Balaban J connectivity index is 1.34. The lowest BCUT2D eigenvalue weighted by Crippen LogP contribution is -2.51. The van der Waals surface area contributed by atoms with Crippen molar-refractivity contribution in [2.45, 2.75) is 58.7 Å². The topological polar surface area (TPSA) is 98.1 Å². The zero-order chi connectivity index (χ0) is 28.4. The maximum Gasteiger partial charge on any atom is 0.229 e. The molecule has 4 aromatic rings. The quantitative estimate of drug-likeness (QED) is 0.278. The zero-order valence-corrected chi connectivity index (χ0v) is 23.1. The van der Waals surface area contributed by atoms with Crippen molar-refractivity contribution in [1.82, 2.24) is 29.4 Å². The van der Waals surface area contributed by atoms with E-state index in [4.69, 9.17) is 4.74 Å². The van der Waals surface area contributed by atoms with Crippen molar-refractivity contribution >= 4 is 29.1 Å². The third-order valence-electron chi connectivity index (χ3n) is 7.36. The first-order valence-electron chi connectivity index (χ1n) is 13.4. The molecule has 40 heavy (non-hydrogen) atoms. The summed E-state index contributed by atoms with van der Waals surface area (Å²) in [6.45, 7) is 10.5. The molecule has 0 bridgehead atoms. The van der Waals surface area contributed by atoms with Gasteiger partial charge in [0.1, 0.15) is 29.1 Å². The Bertz CT molecular complexity index is 1520. The first-order valence-corrected chi connectivity index (χ1v) is 13.4. The molecule has 11 heteroatoms. The van der Waals surface area contributed by atoms with Crippen LogP contribution < -0.4 is 5.32 Å². The van der Waals surface area contributed by atoms with Gasteiger partial charge in [-0.25, -0.2) is 28.7 Å². The predicted octanol–water partition coefficient (Wildman–Crippen LogP) is 5.37. The molecule has 0 radical (unpaired) electrons. The summed E-state index contributed by atoms with van der Waals surface area (Å²) in [5, 5.41) is 3.01. The third-order valence-corrected chi connectivity index (χ3v) is 7.36. The van der Waals surface area contributed by atoms with E-state index < -0.39 is 17.2 Å². The molecule has 1 aliphatic heterocycles. The van der Waals surface area contributed by atoms with E-state index in [-0.39, 0.29) is 23.2 Å². The molecule has 0 amide bonds. The van der Waals surface area contributed by atoms with Gasteiger partial charge in [-0.1, -0.05) is 13.0 Å². The van der Waals surface area contributed by atoms with Gasteiger partial charge in [0.25, 0.3) is 0 Å². The van der Waals surface area contributed by atoms with Gasteiger partial charge in [0.2, 0.25) is 5.95 Å². The molecule has 1 aliphatic rings. The molecule has 1 saturated heterocycles. The van der Waals surface area contributed by atoms with Gasteiger partial charge in [-0.3, -0.25) is 4.90 Å². The van der Waals surface area contributed by atoms with Gasteiger partial charge >= 0.3 is 0 Å². The highest BCUT2D eigenvalue weighted by molar-refractivity contribution is 5.83. The normalized spacial score (nSPS) is 18.0. The van der Waals surface area contributed by atoms with E-state index in [0.717, 1.165) is 31.0 Å². The van der Waals surface area contributed by atoms with Crippen molar-refractivity contribution in [3.8, 4) is 11.3 Å². The summed E-state index contributed by atoms with van der Waals surface area (Å²) < 4.78 is 37.7. The Morgan fingerprint density at radius 1 is 1.15 bits per heavy atom. The number of morpholine rings is 1. The van der Waals surface area contributed by atoms with Crippen molar-refractivity contribution in [3.05, 3.63) is 59.7 Å². The van der Waals surface area contributed by atoms with Gasteiger partial charge < -0.3 is 19.4 Å². The lowest BCUT2D eigenvalue weighted by molar-refractivity contribution is -0.132. The number of carbonyl (C=O) groups is 1. The molecule has 0 spiro atoms. The summed E-state index contributed by atoms with van der Waals surface area (Å²) >= 11 is 0. The number of nitrogens with zero attached hydrogens (tertiary/aromatic N) is 6. The van der Waals surface area contributed by atoms with E-state index in [2.05, 4.69) is 30.2 Å². The smallest absolute Gasteiger partial charge is 0.229 e. The molecule has 4 heterocycles. The Kier molecular flexibility index (Phi) is 7.86. The minimum atomic E-state index is -0.664. The minimum absolute atomic E-state index is 0.0221. The Hall–Kier alpha value is -3.83. The second-order valence-corrected chi connectivity index (χ2v) is 10.5. The predicted molar refractivity (Wildman–Crippen MR) is 148 cm³/mol. The van der Waals surface area contributed by atoms with E-state index in [1.165, 1.54) is 6.07 Å². The molecule has 0 aliphatic carbocycles. The molecule has 1 N–H and O–H groups in total. The average molecular weight is 550 g/mol. The van der Waals surface area contributed by atoms with Gasteiger partial charge in [-0.15, -0.1) is 0 Å². The van der Waals surface area contributed by atoms with Crippen molar-refractivity contribution in [2.75, 3.05) is 25.0 Å². The lowest BCUT2D eigenvalue weighted by Gasteiger charge is -2.41. The van der Waals surface area contributed by atoms with Gasteiger partial charge in [0, 0.05) is 43.9 Å². The monoisotopic (exact) mass is 549 g/mol. The zero-order valence-electron chi connectivity index (χ0n) is 23.1. The fourth-order valence-corrected chi connectivity index (χ4v) is 5.34. The van der Waals surface area contributed by atoms with E-state index in [1.807, 2.05) is 38.3 Å². The number of imidazole rings is 1. The van der Waals surface area contributed by atoms with Crippen LogP contribution in [0.4, 0.5) is 20.5 Å². The van der Waals surface area contributed by atoms with Crippen LogP contribution >= 0.6 is 0 Å². The molecule has 3 aromatic heterocycles. The summed E-state index contributed by atoms with van der Waals surface area (Å²) in [6, 6.07) is 6.75. The first kappa shape index (κ1) is 27.7. The number of halogens is 2. The van der Waals surface area contributed by atoms with Crippen LogP contribution in [-0.2, 0) is 16.1 Å². The van der Waals surface area contributed by atoms with Crippen molar-refractivity contribution in [2.24, 2.45) is 0 Å². The van der Waals surface area contributed by atoms with Crippen molar-refractivity contribution in [1.29, 1.82) is 0 Å². The van der Waals surface area contributed by atoms with Crippen LogP contribution in [0, 0.1) is 18.6 Å². The number of aldehydes is 1. The van der Waals surface area contributed by atoms with Crippen LogP contribution in [0.25, 0.3) is 22.3 Å². The number of nitrogens with one attached hydrogen (secondary N) is 1. The highest BCUT2D eigenvalue weighted by Crippen LogP contribution is 2.31. The summed E-state index contributed by atoms with van der Waals surface area (Å²) in [5.41, 5.74) is 1.66. The number of benzene rings is 1. The average Bonchev–Trinajstić information content (AvgIpc) is 3.28. The maximum absolute atomic E-state index is 15.0.